The number of carbonyl (C=O) groups excluding carboxylic acids is 2. The predicted octanol–water partition coefficient (Wildman–Crippen LogP) is 3.36. The molecule has 0 aromatic heterocycles. The van der Waals surface area contributed by atoms with E-state index in [-0.39, 0.29) is 19.1 Å². The number of carbonyl (C=O) groups is 2. The summed E-state index contributed by atoms with van der Waals surface area (Å²) in [6, 6.07) is 17.4. The van der Waals surface area contributed by atoms with Crippen LogP contribution in [0.3, 0.4) is 0 Å². The van der Waals surface area contributed by atoms with E-state index >= 15 is 0 Å². The van der Waals surface area contributed by atoms with Crippen LogP contribution >= 0.6 is 0 Å². The van der Waals surface area contributed by atoms with Gasteiger partial charge in [0.1, 0.15) is 6.61 Å². The lowest BCUT2D eigenvalue weighted by atomic mass is 9.93. The molecule has 0 bridgehead atoms. The number of hydrogen-bond acceptors (Lipinski definition) is 4. The van der Waals surface area contributed by atoms with Crippen molar-refractivity contribution in [3.05, 3.63) is 84.4 Å². The Morgan fingerprint density at radius 2 is 1.63 bits per heavy atom. The summed E-state index contributed by atoms with van der Waals surface area (Å²) in [6.07, 6.45) is 3.66. The van der Waals surface area contributed by atoms with Gasteiger partial charge in [-0.1, -0.05) is 42.5 Å². The second kappa shape index (κ2) is 10.3. The van der Waals surface area contributed by atoms with Crippen molar-refractivity contribution in [1.29, 1.82) is 0 Å². The van der Waals surface area contributed by atoms with Gasteiger partial charge >= 0.3 is 5.97 Å². The van der Waals surface area contributed by atoms with Crippen LogP contribution in [0.1, 0.15) is 40.0 Å². The lowest BCUT2D eigenvalue weighted by Gasteiger charge is -2.32. The largest absolute Gasteiger partial charge is 0.460 e. The Labute approximate surface area is 159 Å². The van der Waals surface area contributed by atoms with Gasteiger partial charge in [-0.05, 0) is 43.5 Å². The van der Waals surface area contributed by atoms with Crippen LogP contribution in [0.15, 0.2) is 73.3 Å². The van der Waals surface area contributed by atoms with E-state index in [1.807, 2.05) is 12.1 Å². The summed E-state index contributed by atoms with van der Waals surface area (Å²) in [5.74, 6) is -0.815. The van der Waals surface area contributed by atoms with Gasteiger partial charge in [0.15, 0.2) is 0 Å². The van der Waals surface area contributed by atoms with Crippen LogP contribution in [0, 0.1) is 0 Å². The molecule has 1 unspecified atom stereocenters. The molecule has 142 valence electrons. The topological polar surface area (TPSA) is 75.6 Å². The average molecular weight is 367 g/mol. The van der Waals surface area contributed by atoms with Gasteiger partial charge in [-0.3, -0.25) is 4.79 Å². The van der Waals surface area contributed by atoms with Crippen LogP contribution in [-0.2, 0) is 4.74 Å². The SMILES string of the molecule is C=CCCCC(CO)(COC(=O)c1ccccc1)NC(=O)c1ccccc1. The minimum atomic E-state index is -1.06. The van der Waals surface area contributed by atoms with Gasteiger partial charge in [0.05, 0.1) is 17.7 Å². The van der Waals surface area contributed by atoms with E-state index in [1.54, 1.807) is 54.6 Å². The molecule has 2 aromatic rings. The summed E-state index contributed by atoms with van der Waals surface area (Å²) in [5, 5.41) is 12.9. The third-order valence-corrected chi connectivity index (χ3v) is 4.27. The predicted molar refractivity (Wildman–Crippen MR) is 104 cm³/mol. The van der Waals surface area contributed by atoms with E-state index in [0.29, 0.717) is 24.0 Å². The minimum absolute atomic E-state index is 0.118. The molecule has 1 amide bonds. The van der Waals surface area contributed by atoms with Crippen LogP contribution in [0.5, 0.6) is 0 Å². The van der Waals surface area contributed by atoms with Crippen molar-refractivity contribution < 1.29 is 19.4 Å². The maximum atomic E-state index is 12.6. The zero-order valence-corrected chi connectivity index (χ0v) is 15.3. The molecule has 2 aromatic carbocycles. The average Bonchev–Trinajstić information content (AvgIpc) is 2.73. The fraction of sp³-hybridized carbons (Fsp3) is 0.273. The first-order chi connectivity index (χ1) is 13.1. The standard InChI is InChI=1S/C22H25NO4/c1-2-3-10-15-22(16-24,23-20(25)18-11-6-4-7-12-18)17-27-21(26)19-13-8-5-9-14-19/h2,4-9,11-14,24H,1,3,10,15-17H2,(H,23,25). The molecule has 5 heteroatoms. The molecule has 0 spiro atoms. The molecule has 1 atom stereocenters. The Morgan fingerprint density at radius 3 is 2.19 bits per heavy atom. The Morgan fingerprint density at radius 1 is 1.04 bits per heavy atom. The molecule has 0 fully saturated rings. The van der Waals surface area contributed by atoms with E-state index in [9.17, 15) is 14.7 Å². The van der Waals surface area contributed by atoms with E-state index in [1.165, 1.54) is 0 Å². The van der Waals surface area contributed by atoms with Gasteiger partial charge in [-0.25, -0.2) is 4.79 Å². The normalized spacial score (nSPS) is 12.6. The number of rotatable bonds is 10. The number of amides is 1. The van der Waals surface area contributed by atoms with E-state index < -0.39 is 11.5 Å². The number of aliphatic hydroxyl groups is 1. The highest BCUT2D eigenvalue weighted by molar-refractivity contribution is 5.94. The molecule has 0 aliphatic heterocycles. The first kappa shape index (κ1) is 20.4. The van der Waals surface area contributed by atoms with Crippen LogP contribution in [0.2, 0.25) is 0 Å². The van der Waals surface area contributed by atoms with Crippen molar-refractivity contribution in [3.8, 4) is 0 Å². The molecule has 0 aliphatic rings. The summed E-state index contributed by atoms with van der Waals surface area (Å²) >= 11 is 0. The lowest BCUT2D eigenvalue weighted by molar-refractivity contribution is 0.0221. The molecule has 2 N–H and O–H groups in total. The third kappa shape index (κ3) is 6.08. The van der Waals surface area contributed by atoms with Crippen molar-refractivity contribution in [2.75, 3.05) is 13.2 Å². The van der Waals surface area contributed by atoms with E-state index in [0.717, 1.165) is 6.42 Å². The molecule has 0 radical (unpaired) electrons. The molecule has 0 saturated heterocycles. The molecule has 2 rings (SSSR count). The maximum absolute atomic E-state index is 12.6. The number of ether oxygens (including phenoxy) is 1. The zero-order valence-electron chi connectivity index (χ0n) is 15.3. The summed E-state index contributed by atoms with van der Waals surface area (Å²) in [7, 11) is 0. The lowest BCUT2D eigenvalue weighted by Crippen LogP contribution is -2.55. The Hall–Kier alpha value is -2.92. The fourth-order valence-corrected chi connectivity index (χ4v) is 2.68. The van der Waals surface area contributed by atoms with E-state index in [2.05, 4.69) is 11.9 Å². The molecular weight excluding hydrogens is 342 g/mol. The van der Waals surface area contributed by atoms with Crippen molar-refractivity contribution in [2.24, 2.45) is 0 Å². The molecular formula is C22H25NO4. The van der Waals surface area contributed by atoms with Crippen LogP contribution in [0.4, 0.5) is 0 Å². The van der Waals surface area contributed by atoms with Gasteiger partial charge in [0, 0.05) is 5.56 Å². The summed E-state index contributed by atoms with van der Waals surface area (Å²) < 4.78 is 5.41. The Bertz CT molecular complexity index is 745. The van der Waals surface area contributed by atoms with Crippen molar-refractivity contribution in [1.82, 2.24) is 5.32 Å². The van der Waals surface area contributed by atoms with Crippen molar-refractivity contribution in [3.63, 3.8) is 0 Å². The first-order valence-electron chi connectivity index (χ1n) is 8.92. The zero-order chi connectivity index (χ0) is 19.5. The minimum Gasteiger partial charge on any atom is -0.460 e. The Balaban J connectivity index is 2.11. The molecule has 0 heterocycles. The number of hydrogen-bond donors (Lipinski definition) is 2. The smallest absolute Gasteiger partial charge is 0.338 e. The van der Waals surface area contributed by atoms with E-state index in [4.69, 9.17) is 4.74 Å². The highest BCUT2D eigenvalue weighted by Crippen LogP contribution is 2.18. The second-order valence-electron chi connectivity index (χ2n) is 6.38. The Kier molecular flexibility index (Phi) is 7.77. The van der Waals surface area contributed by atoms with Gasteiger partial charge in [0.25, 0.3) is 5.91 Å². The molecule has 5 nitrogen and oxygen atoms in total. The van der Waals surface area contributed by atoms with Crippen LogP contribution < -0.4 is 5.32 Å². The highest BCUT2D eigenvalue weighted by atomic mass is 16.5. The van der Waals surface area contributed by atoms with Crippen LogP contribution in [0.25, 0.3) is 0 Å². The summed E-state index contributed by atoms with van der Waals surface area (Å²) in [6.45, 7) is 3.23. The summed E-state index contributed by atoms with van der Waals surface area (Å²) in [5.41, 5.74) is -0.154. The van der Waals surface area contributed by atoms with Gasteiger partial charge in [-0.15, -0.1) is 6.58 Å². The third-order valence-electron chi connectivity index (χ3n) is 4.27. The molecule has 0 aliphatic carbocycles. The number of aliphatic hydroxyl groups excluding tert-OH is 1. The number of allylic oxidation sites excluding steroid dienone is 1. The number of unbranched alkanes of at least 4 members (excludes halogenated alkanes) is 1. The number of esters is 1. The fourth-order valence-electron chi connectivity index (χ4n) is 2.68. The molecule has 27 heavy (non-hydrogen) atoms. The monoisotopic (exact) mass is 367 g/mol. The molecule has 0 saturated carbocycles. The number of benzene rings is 2. The van der Waals surface area contributed by atoms with Gasteiger partial charge in [0.2, 0.25) is 0 Å². The van der Waals surface area contributed by atoms with Crippen LogP contribution in [-0.4, -0.2) is 35.7 Å². The van der Waals surface area contributed by atoms with Crippen molar-refractivity contribution in [2.45, 2.75) is 24.8 Å². The first-order valence-corrected chi connectivity index (χ1v) is 8.92. The van der Waals surface area contributed by atoms with Crippen molar-refractivity contribution >= 4 is 11.9 Å². The maximum Gasteiger partial charge on any atom is 0.338 e. The quantitative estimate of drug-likeness (QED) is 0.384. The summed E-state index contributed by atoms with van der Waals surface area (Å²) in [4.78, 5) is 24.8. The number of nitrogens with one attached hydrogen (secondary N) is 1. The highest BCUT2D eigenvalue weighted by Gasteiger charge is 2.33. The second-order valence-corrected chi connectivity index (χ2v) is 6.38. The van der Waals surface area contributed by atoms with Gasteiger partial charge in [-0.2, -0.15) is 0 Å². The van der Waals surface area contributed by atoms with Gasteiger partial charge < -0.3 is 15.2 Å².